The number of aromatic nitrogens is 2. The van der Waals surface area contributed by atoms with Gasteiger partial charge in [-0.1, -0.05) is 31.2 Å². The van der Waals surface area contributed by atoms with Crippen molar-refractivity contribution in [3.05, 3.63) is 89.2 Å². The summed E-state index contributed by atoms with van der Waals surface area (Å²) < 4.78 is 5.45. The molecular formula is C28H30N4O3. The van der Waals surface area contributed by atoms with Crippen LogP contribution in [-0.4, -0.2) is 28.4 Å². The highest BCUT2D eigenvalue weighted by Gasteiger charge is 2.10. The third-order valence-corrected chi connectivity index (χ3v) is 5.69. The van der Waals surface area contributed by atoms with Gasteiger partial charge >= 0.3 is 0 Å². The van der Waals surface area contributed by atoms with Gasteiger partial charge in [0.2, 0.25) is 5.91 Å². The van der Waals surface area contributed by atoms with Gasteiger partial charge in [0.15, 0.2) is 0 Å². The maximum Gasteiger partial charge on any atom is 0.251 e. The van der Waals surface area contributed by atoms with Gasteiger partial charge in [-0.15, -0.1) is 0 Å². The highest BCUT2D eigenvalue weighted by atomic mass is 16.5. The molecule has 0 aliphatic rings. The van der Waals surface area contributed by atoms with Crippen LogP contribution in [0.25, 0.3) is 11.0 Å². The smallest absolute Gasteiger partial charge is 0.251 e. The minimum absolute atomic E-state index is 0.00393. The molecular weight excluding hydrogens is 440 g/mol. The Hall–Kier alpha value is -4.13. The van der Waals surface area contributed by atoms with E-state index >= 15 is 0 Å². The molecule has 35 heavy (non-hydrogen) atoms. The Bertz CT molecular complexity index is 1290. The Labute approximate surface area is 204 Å². The summed E-state index contributed by atoms with van der Waals surface area (Å²) in [6.07, 6.45) is 2.02. The molecule has 3 N–H and O–H groups in total. The van der Waals surface area contributed by atoms with Crippen molar-refractivity contribution in [2.24, 2.45) is 0 Å². The lowest BCUT2D eigenvalue weighted by molar-refractivity contribution is -0.115. The Kier molecular flexibility index (Phi) is 7.77. The minimum Gasteiger partial charge on any atom is -0.494 e. The van der Waals surface area contributed by atoms with Gasteiger partial charge in [-0.05, 0) is 66.9 Å². The fourth-order valence-corrected chi connectivity index (χ4v) is 3.74. The predicted molar refractivity (Wildman–Crippen MR) is 138 cm³/mol. The monoisotopic (exact) mass is 470 g/mol. The van der Waals surface area contributed by atoms with Crippen LogP contribution in [0.3, 0.4) is 0 Å². The minimum atomic E-state index is -0.132. The number of hydrogen-bond acceptors (Lipinski definition) is 4. The van der Waals surface area contributed by atoms with Crippen molar-refractivity contribution < 1.29 is 14.3 Å². The number of benzene rings is 3. The average Bonchev–Trinajstić information content (AvgIpc) is 3.30. The summed E-state index contributed by atoms with van der Waals surface area (Å²) in [5, 5.41) is 5.82. The van der Waals surface area contributed by atoms with Crippen LogP contribution in [0.1, 0.15) is 47.6 Å². The van der Waals surface area contributed by atoms with Gasteiger partial charge < -0.3 is 20.4 Å². The third kappa shape index (κ3) is 6.47. The number of amides is 2. The zero-order valence-electron chi connectivity index (χ0n) is 20.1. The van der Waals surface area contributed by atoms with Gasteiger partial charge in [0.05, 0.1) is 17.6 Å². The highest BCUT2D eigenvalue weighted by molar-refractivity contribution is 5.97. The van der Waals surface area contributed by atoms with Crippen molar-refractivity contribution in [2.45, 2.75) is 39.7 Å². The molecule has 1 aromatic heterocycles. The number of nitrogens with one attached hydrogen (secondary N) is 3. The number of carbonyl (C=O) groups excluding carboxylic acids is 2. The predicted octanol–water partition coefficient (Wildman–Crippen LogP) is 5.03. The number of aryl methyl sites for hydroxylation is 2. The topological polar surface area (TPSA) is 96.1 Å². The van der Waals surface area contributed by atoms with Crippen LogP contribution in [0.2, 0.25) is 0 Å². The van der Waals surface area contributed by atoms with Gasteiger partial charge in [0, 0.05) is 30.6 Å². The van der Waals surface area contributed by atoms with Gasteiger partial charge in [-0.2, -0.15) is 0 Å². The second-order valence-corrected chi connectivity index (χ2v) is 8.27. The number of aromatic amines is 1. The summed E-state index contributed by atoms with van der Waals surface area (Å²) in [5.41, 5.74) is 5.23. The first-order valence-electron chi connectivity index (χ1n) is 11.9. The van der Waals surface area contributed by atoms with Crippen molar-refractivity contribution in [3.63, 3.8) is 0 Å². The second-order valence-electron chi connectivity index (χ2n) is 8.27. The summed E-state index contributed by atoms with van der Waals surface area (Å²) in [4.78, 5) is 32.2. The van der Waals surface area contributed by atoms with Gasteiger partial charge in [0.25, 0.3) is 5.91 Å². The number of H-pyrrole nitrogens is 1. The van der Waals surface area contributed by atoms with E-state index in [-0.39, 0.29) is 11.8 Å². The van der Waals surface area contributed by atoms with Crippen LogP contribution in [0.4, 0.5) is 5.69 Å². The van der Waals surface area contributed by atoms with E-state index in [1.807, 2.05) is 74.5 Å². The van der Waals surface area contributed by atoms with Crippen LogP contribution in [0, 0.1) is 0 Å². The van der Waals surface area contributed by atoms with E-state index in [0.29, 0.717) is 25.1 Å². The molecule has 0 atom stereocenters. The molecule has 0 saturated carbocycles. The molecule has 180 valence electrons. The number of hydrogen-bond donors (Lipinski definition) is 3. The highest BCUT2D eigenvalue weighted by Crippen LogP contribution is 2.17. The Morgan fingerprint density at radius 1 is 0.914 bits per heavy atom. The van der Waals surface area contributed by atoms with Gasteiger partial charge in [-0.3, -0.25) is 9.59 Å². The molecule has 0 aliphatic carbocycles. The molecule has 4 aromatic rings. The first-order chi connectivity index (χ1) is 17.0. The Morgan fingerprint density at radius 2 is 1.66 bits per heavy atom. The van der Waals surface area contributed by atoms with Gasteiger partial charge in [-0.25, -0.2) is 4.98 Å². The Balaban J connectivity index is 1.33. The van der Waals surface area contributed by atoms with E-state index in [4.69, 9.17) is 4.74 Å². The standard InChI is InChI=1S/C28H30N4O3/c1-3-27(33)30-22-11-5-19(6-12-22)9-16-26-31-24-15-10-21(17-25(24)32-26)28(34)29-18-20-7-13-23(14-8-20)35-4-2/h5-8,10-15,17H,3-4,9,16,18H2,1-2H3,(H,29,34)(H,30,33)(H,31,32). The van der Waals surface area contributed by atoms with Crippen molar-refractivity contribution in [1.82, 2.24) is 15.3 Å². The molecule has 3 aromatic carbocycles. The summed E-state index contributed by atoms with van der Waals surface area (Å²) in [7, 11) is 0. The molecule has 1 heterocycles. The molecule has 0 aliphatic heterocycles. The number of rotatable bonds is 10. The maximum absolute atomic E-state index is 12.7. The SMILES string of the molecule is CCOc1ccc(CNC(=O)c2ccc3nc(CCc4ccc(NC(=O)CC)cc4)[nH]c3c2)cc1. The maximum atomic E-state index is 12.7. The van der Waals surface area contributed by atoms with E-state index in [2.05, 4.69) is 20.6 Å². The first kappa shape index (κ1) is 24.0. The quantitative estimate of drug-likeness (QED) is 0.303. The molecule has 0 unspecified atom stereocenters. The molecule has 0 fully saturated rings. The van der Waals surface area contributed by atoms with Crippen molar-refractivity contribution in [1.29, 1.82) is 0 Å². The van der Waals surface area contributed by atoms with Crippen molar-refractivity contribution >= 4 is 28.5 Å². The number of fused-ring (bicyclic) bond motifs is 1. The fraction of sp³-hybridized carbons (Fsp3) is 0.250. The van der Waals surface area contributed by atoms with Gasteiger partial charge in [0.1, 0.15) is 11.6 Å². The zero-order valence-corrected chi connectivity index (χ0v) is 20.1. The molecule has 0 spiro atoms. The lowest BCUT2D eigenvalue weighted by Gasteiger charge is -2.07. The number of carbonyl (C=O) groups is 2. The van der Waals surface area contributed by atoms with Crippen molar-refractivity contribution in [3.8, 4) is 5.75 Å². The van der Waals surface area contributed by atoms with E-state index in [1.54, 1.807) is 6.07 Å². The summed E-state index contributed by atoms with van der Waals surface area (Å²) in [5.74, 6) is 1.56. The fourth-order valence-electron chi connectivity index (χ4n) is 3.74. The summed E-state index contributed by atoms with van der Waals surface area (Å²) >= 11 is 0. The Morgan fingerprint density at radius 3 is 2.37 bits per heavy atom. The molecule has 0 radical (unpaired) electrons. The van der Waals surface area contributed by atoms with Crippen LogP contribution in [-0.2, 0) is 24.2 Å². The van der Waals surface area contributed by atoms with Crippen LogP contribution < -0.4 is 15.4 Å². The van der Waals surface area contributed by atoms with E-state index in [0.717, 1.165) is 52.3 Å². The second kappa shape index (κ2) is 11.3. The van der Waals surface area contributed by atoms with Crippen molar-refractivity contribution in [2.75, 3.05) is 11.9 Å². The van der Waals surface area contributed by atoms with E-state index in [9.17, 15) is 9.59 Å². The zero-order chi connectivity index (χ0) is 24.6. The number of imidazole rings is 1. The average molecular weight is 471 g/mol. The van der Waals surface area contributed by atoms with Crippen LogP contribution in [0.15, 0.2) is 66.7 Å². The molecule has 7 nitrogen and oxygen atoms in total. The normalized spacial score (nSPS) is 10.8. The number of anilines is 1. The molecule has 0 saturated heterocycles. The summed E-state index contributed by atoms with van der Waals surface area (Å²) in [6, 6.07) is 21.1. The number of ether oxygens (including phenoxy) is 1. The largest absolute Gasteiger partial charge is 0.494 e. The first-order valence-corrected chi connectivity index (χ1v) is 11.9. The molecule has 7 heteroatoms. The lowest BCUT2D eigenvalue weighted by atomic mass is 10.1. The van der Waals surface area contributed by atoms with E-state index < -0.39 is 0 Å². The number of nitrogens with zero attached hydrogens (tertiary/aromatic N) is 1. The summed E-state index contributed by atoms with van der Waals surface area (Å²) in [6.45, 7) is 4.85. The lowest BCUT2D eigenvalue weighted by Crippen LogP contribution is -2.22. The van der Waals surface area contributed by atoms with E-state index in [1.165, 1.54) is 0 Å². The third-order valence-electron chi connectivity index (χ3n) is 5.69. The van der Waals surface area contributed by atoms with Crippen LogP contribution >= 0.6 is 0 Å². The van der Waals surface area contributed by atoms with Crippen LogP contribution in [0.5, 0.6) is 5.75 Å². The molecule has 2 amide bonds. The molecule has 4 rings (SSSR count). The molecule has 0 bridgehead atoms.